The lowest BCUT2D eigenvalue weighted by Gasteiger charge is -2.10. The molecule has 1 unspecified atom stereocenters. The number of rotatable bonds is 11. The molecule has 37 heavy (non-hydrogen) atoms. The van der Waals surface area contributed by atoms with Gasteiger partial charge in [-0.05, 0) is 71.5 Å². The zero-order valence-corrected chi connectivity index (χ0v) is 22.4. The molecule has 0 N–H and O–H groups in total. The zero-order valence-electron chi connectivity index (χ0n) is 21.6. The van der Waals surface area contributed by atoms with Crippen molar-refractivity contribution in [2.24, 2.45) is 0 Å². The summed E-state index contributed by atoms with van der Waals surface area (Å²) in [4.78, 5) is 25.6. The van der Waals surface area contributed by atoms with Gasteiger partial charge in [0.05, 0.1) is 11.0 Å². The minimum absolute atomic E-state index is 0.129. The van der Waals surface area contributed by atoms with Crippen molar-refractivity contribution in [2.45, 2.75) is 58.3 Å². The highest BCUT2D eigenvalue weighted by molar-refractivity contribution is 7.13. The second-order valence-electron chi connectivity index (χ2n) is 9.88. The number of thiophene rings is 1. The van der Waals surface area contributed by atoms with Gasteiger partial charge < -0.3 is 9.36 Å². The second-order valence-corrected chi connectivity index (χ2v) is 10.8. The SMILES string of the molecule is CCCCCCCC(=O)c1ccc2c(c1)c1cc(-c3cccs3)ccc1n2-c1ccc(C(C)C=O)cc1. The van der Waals surface area contributed by atoms with Gasteiger partial charge in [0.25, 0.3) is 0 Å². The van der Waals surface area contributed by atoms with Crippen molar-refractivity contribution in [2.75, 3.05) is 0 Å². The van der Waals surface area contributed by atoms with Gasteiger partial charge in [-0.2, -0.15) is 0 Å². The fourth-order valence-electron chi connectivity index (χ4n) is 5.11. The van der Waals surface area contributed by atoms with E-state index >= 15 is 0 Å². The smallest absolute Gasteiger partial charge is 0.162 e. The fraction of sp³-hybridized carbons (Fsp3) is 0.273. The minimum Gasteiger partial charge on any atom is -0.309 e. The van der Waals surface area contributed by atoms with Gasteiger partial charge in [0, 0.05) is 39.2 Å². The molecule has 3 nitrogen and oxygen atoms in total. The first-order valence-corrected chi connectivity index (χ1v) is 14.2. The van der Waals surface area contributed by atoms with Gasteiger partial charge in [0.2, 0.25) is 0 Å². The Labute approximate surface area is 222 Å². The van der Waals surface area contributed by atoms with E-state index < -0.39 is 0 Å². The molecule has 0 bridgehead atoms. The number of fused-ring (bicyclic) bond motifs is 3. The molecule has 5 aromatic rings. The standard InChI is InChI=1S/C33H33NO2S/c1-3-4-5-6-7-9-32(36)25-13-17-30-28(20-25)29-21-26(33-10-8-19-37-33)14-18-31(29)34(30)27-15-11-24(12-16-27)23(2)22-35/h8,10-23H,3-7,9H2,1-2H3. The Balaban J connectivity index is 1.59. The van der Waals surface area contributed by atoms with E-state index in [1.54, 1.807) is 11.3 Å². The highest BCUT2D eigenvalue weighted by Gasteiger charge is 2.16. The van der Waals surface area contributed by atoms with E-state index in [-0.39, 0.29) is 11.7 Å². The van der Waals surface area contributed by atoms with Crippen LogP contribution in [-0.4, -0.2) is 16.6 Å². The van der Waals surface area contributed by atoms with Crippen LogP contribution in [0.2, 0.25) is 0 Å². The molecule has 2 heterocycles. The molecule has 0 aliphatic carbocycles. The maximum Gasteiger partial charge on any atom is 0.162 e. The van der Waals surface area contributed by atoms with E-state index in [0.717, 1.165) is 57.7 Å². The number of hydrogen-bond donors (Lipinski definition) is 0. The van der Waals surface area contributed by atoms with Crippen LogP contribution in [0.3, 0.4) is 0 Å². The summed E-state index contributed by atoms with van der Waals surface area (Å²) in [6.07, 6.45) is 7.29. The average molecular weight is 508 g/mol. The predicted octanol–water partition coefficient (Wildman–Crippen LogP) is 9.36. The third kappa shape index (κ3) is 5.17. The lowest BCUT2D eigenvalue weighted by Crippen LogP contribution is -2.00. The second kappa shape index (κ2) is 11.3. The molecule has 0 spiro atoms. The number of unbranched alkanes of at least 4 members (excludes halogenated alkanes) is 4. The van der Waals surface area contributed by atoms with Crippen molar-refractivity contribution in [1.29, 1.82) is 0 Å². The molecule has 5 rings (SSSR count). The van der Waals surface area contributed by atoms with Crippen LogP contribution in [0.15, 0.2) is 78.2 Å². The number of benzene rings is 3. The minimum atomic E-state index is -0.129. The number of carbonyl (C=O) groups excluding carboxylic acids is 2. The van der Waals surface area contributed by atoms with Crippen LogP contribution in [0.1, 0.15) is 74.2 Å². The molecular weight excluding hydrogens is 474 g/mol. The topological polar surface area (TPSA) is 39.1 Å². The first kappa shape index (κ1) is 25.2. The summed E-state index contributed by atoms with van der Waals surface area (Å²) in [5, 5.41) is 4.33. The third-order valence-corrected chi connectivity index (χ3v) is 8.20. The molecule has 0 amide bonds. The Hall–Kier alpha value is -3.50. The highest BCUT2D eigenvalue weighted by Crippen LogP contribution is 2.36. The van der Waals surface area contributed by atoms with Gasteiger partial charge in [-0.1, -0.05) is 63.8 Å². The first-order valence-electron chi connectivity index (χ1n) is 13.3. The van der Waals surface area contributed by atoms with Crippen LogP contribution in [0.5, 0.6) is 0 Å². The number of aromatic nitrogens is 1. The van der Waals surface area contributed by atoms with E-state index in [0.29, 0.717) is 6.42 Å². The average Bonchev–Trinajstić information content (AvgIpc) is 3.58. The number of hydrogen-bond acceptors (Lipinski definition) is 3. The lowest BCUT2D eigenvalue weighted by atomic mass is 10.0. The zero-order chi connectivity index (χ0) is 25.8. The maximum absolute atomic E-state index is 13.1. The molecule has 3 aromatic carbocycles. The van der Waals surface area contributed by atoms with Crippen LogP contribution in [-0.2, 0) is 4.79 Å². The van der Waals surface area contributed by atoms with Crippen LogP contribution in [0.25, 0.3) is 37.9 Å². The number of Topliss-reactive ketones (excluding diaryl/α,β-unsaturated/α-hetero) is 1. The fourth-order valence-corrected chi connectivity index (χ4v) is 5.83. The van der Waals surface area contributed by atoms with Crippen molar-refractivity contribution in [3.05, 3.63) is 89.3 Å². The maximum atomic E-state index is 13.1. The van der Waals surface area contributed by atoms with Gasteiger partial charge in [-0.3, -0.25) is 4.79 Å². The molecule has 2 aromatic heterocycles. The van der Waals surface area contributed by atoms with E-state index in [2.05, 4.69) is 71.5 Å². The van der Waals surface area contributed by atoms with Crippen molar-refractivity contribution in [3.8, 4) is 16.1 Å². The molecule has 0 saturated carbocycles. The van der Waals surface area contributed by atoms with Gasteiger partial charge in [0.1, 0.15) is 6.29 Å². The lowest BCUT2D eigenvalue weighted by molar-refractivity contribution is -0.108. The summed E-state index contributed by atoms with van der Waals surface area (Å²) in [6.45, 7) is 4.12. The van der Waals surface area contributed by atoms with Crippen molar-refractivity contribution < 1.29 is 9.59 Å². The number of nitrogens with zero attached hydrogens (tertiary/aromatic N) is 1. The Bertz CT molecular complexity index is 1530. The monoisotopic (exact) mass is 507 g/mol. The molecule has 0 aliphatic heterocycles. The molecule has 0 saturated heterocycles. The Morgan fingerprint density at radius 1 is 0.892 bits per heavy atom. The molecular formula is C33H33NO2S. The Morgan fingerprint density at radius 3 is 2.32 bits per heavy atom. The van der Waals surface area contributed by atoms with E-state index in [9.17, 15) is 9.59 Å². The predicted molar refractivity (Wildman–Crippen MR) is 156 cm³/mol. The Kier molecular flexibility index (Phi) is 7.66. The summed E-state index contributed by atoms with van der Waals surface area (Å²) in [7, 11) is 0. The molecule has 4 heteroatoms. The number of ketones is 1. The van der Waals surface area contributed by atoms with E-state index in [4.69, 9.17) is 0 Å². The molecule has 1 atom stereocenters. The van der Waals surface area contributed by atoms with Gasteiger partial charge in [0.15, 0.2) is 5.78 Å². The molecule has 0 fully saturated rings. The highest BCUT2D eigenvalue weighted by atomic mass is 32.1. The van der Waals surface area contributed by atoms with Crippen molar-refractivity contribution >= 4 is 45.2 Å². The number of carbonyl (C=O) groups is 2. The summed E-state index contributed by atoms with van der Waals surface area (Å²) in [6, 6.07) is 25.2. The Morgan fingerprint density at radius 2 is 1.62 bits per heavy atom. The summed E-state index contributed by atoms with van der Waals surface area (Å²) >= 11 is 1.73. The largest absolute Gasteiger partial charge is 0.309 e. The quantitative estimate of drug-likeness (QED) is 0.101. The normalized spacial score (nSPS) is 12.3. The van der Waals surface area contributed by atoms with Crippen molar-refractivity contribution in [3.63, 3.8) is 0 Å². The molecule has 0 radical (unpaired) electrons. The first-order chi connectivity index (χ1) is 18.1. The summed E-state index contributed by atoms with van der Waals surface area (Å²) < 4.78 is 2.26. The summed E-state index contributed by atoms with van der Waals surface area (Å²) in [5.41, 5.74) is 6.21. The van der Waals surface area contributed by atoms with Gasteiger partial charge >= 0.3 is 0 Å². The third-order valence-electron chi connectivity index (χ3n) is 7.28. The van der Waals surface area contributed by atoms with Crippen LogP contribution < -0.4 is 0 Å². The van der Waals surface area contributed by atoms with Gasteiger partial charge in [-0.15, -0.1) is 11.3 Å². The molecule has 0 aliphatic rings. The van der Waals surface area contributed by atoms with Gasteiger partial charge in [-0.25, -0.2) is 0 Å². The summed E-state index contributed by atoms with van der Waals surface area (Å²) in [5.74, 6) is 0.0945. The van der Waals surface area contributed by atoms with Crippen molar-refractivity contribution in [1.82, 2.24) is 4.57 Å². The number of aldehydes is 1. The van der Waals surface area contributed by atoms with Crippen LogP contribution in [0.4, 0.5) is 0 Å². The van der Waals surface area contributed by atoms with Crippen LogP contribution >= 0.6 is 11.3 Å². The van der Waals surface area contributed by atoms with Crippen LogP contribution in [0, 0.1) is 0 Å². The molecule has 188 valence electrons. The van der Waals surface area contributed by atoms with E-state index in [1.807, 2.05) is 25.1 Å². The van der Waals surface area contributed by atoms with E-state index in [1.165, 1.54) is 29.7 Å².